The fourth-order valence-electron chi connectivity index (χ4n) is 1.97. The maximum atomic E-state index is 11.9. The predicted molar refractivity (Wildman–Crippen MR) is 81.9 cm³/mol. The van der Waals surface area contributed by atoms with Crippen LogP contribution in [0.15, 0.2) is 48.8 Å². The first kappa shape index (κ1) is 14.3. The van der Waals surface area contributed by atoms with Gasteiger partial charge in [0.05, 0.1) is 0 Å². The van der Waals surface area contributed by atoms with Crippen molar-refractivity contribution in [2.75, 3.05) is 11.9 Å². The lowest BCUT2D eigenvalue weighted by Gasteiger charge is -2.10. The van der Waals surface area contributed by atoms with E-state index < -0.39 is 0 Å². The average Bonchev–Trinajstić information content (AvgIpc) is 2.99. The minimum absolute atomic E-state index is 0.0370. The summed E-state index contributed by atoms with van der Waals surface area (Å²) in [6, 6.07) is 11.8. The van der Waals surface area contributed by atoms with Crippen molar-refractivity contribution < 1.29 is 4.79 Å². The van der Waals surface area contributed by atoms with Gasteiger partial charge in [-0.2, -0.15) is 0 Å². The van der Waals surface area contributed by atoms with Crippen LogP contribution in [-0.4, -0.2) is 17.0 Å². The first-order chi connectivity index (χ1) is 9.69. The summed E-state index contributed by atoms with van der Waals surface area (Å²) in [5, 5.41) is 2.93. The highest BCUT2D eigenvalue weighted by atomic mass is 16.1. The van der Waals surface area contributed by atoms with E-state index in [2.05, 4.69) is 12.2 Å². The van der Waals surface area contributed by atoms with Crippen LogP contribution in [0.25, 0.3) is 5.69 Å². The molecule has 3 N–H and O–H groups in total. The highest BCUT2D eigenvalue weighted by Gasteiger charge is 2.06. The minimum atomic E-state index is 0.0370. The summed E-state index contributed by atoms with van der Waals surface area (Å²) in [5.74, 6) is 0.418. The highest BCUT2D eigenvalue weighted by molar-refractivity contribution is 5.90. The van der Waals surface area contributed by atoms with Gasteiger partial charge in [-0.05, 0) is 49.2 Å². The summed E-state index contributed by atoms with van der Waals surface area (Å²) >= 11 is 0. The molecule has 4 heteroatoms. The Morgan fingerprint density at radius 2 is 2.05 bits per heavy atom. The monoisotopic (exact) mass is 271 g/mol. The SMILES string of the molecule is CC(CN)CCC(=O)Nc1cccc(-n2cccc2)c1. The van der Waals surface area contributed by atoms with Crippen molar-refractivity contribution in [3.8, 4) is 5.69 Å². The van der Waals surface area contributed by atoms with Gasteiger partial charge < -0.3 is 15.6 Å². The molecule has 1 amide bonds. The largest absolute Gasteiger partial charge is 0.330 e. The van der Waals surface area contributed by atoms with Crippen molar-refractivity contribution >= 4 is 11.6 Å². The molecule has 0 saturated heterocycles. The molecule has 0 aliphatic heterocycles. The molecule has 1 heterocycles. The molecule has 1 unspecified atom stereocenters. The third kappa shape index (κ3) is 3.96. The number of anilines is 1. The second-order valence-corrected chi connectivity index (χ2v) is 5.07. The van der Waals surface area contributed by atoms with Crippen molar-refractivity contribution in [1.29, 1.82) is 0 Å². The minimum Gasteiger partial charge on any atom is -0.330 e. The molecule has 2 rings (SSSR count). The van der Waals surface area contributed by atoms with Crippen molar-refractivity contribution in [2.24, 2.45) is 11.7 Å². The third-order valence-corrected chi connectivity index (χ3v) is 3.30. The molecule has 0 saturated carbocycles. The molecule has 1 aromatic carbocycles. The van der Waals surface area contributed by atoms with E-state index >= 15 is 0 Å². The molecule has 1 atom stereocenters. The Bertz CT molecular complexity index is 549. The van der Waals surface area contributed by atoms with E-state index in [-0.39, 0.29) is 5.91 Å². The Morgan fingerprint density at radius 3 is 2.75 bits per heavy atom. The van der Waals surface area contributed by atoms with Crippen LogP contribution in [0.1, 0.15) is 19.8 Å². The van der Waals surface area contributed by atoms with Gasteiger partial charge in [-0.1, -0.05) is 13.0 Å². The van der Waals surface area contributed by atoms with Gasteiger partial charge in [-0.15, -0.1) is 0 Å². The summed E-state index contributed by atoms with van der Waals surface area (Å²) in [4.78, 5) is 11.9. The quantitative estimate of drug-likeness (QED) is 0.848. The molecule has 0 bridgehead atoms. The first-order valence-corrected chi connectivity index (χ1v) is 6.92. The normalized spacial score (nSPS) is 12.1. The van der Waals surface area contributed by atoms with Crippen LogP contribution >= 0.6 is 0 Å². The van der Waals surface area contributed by atoms with Crippen LogP contribution in [0.2, 0.25) is 0 Å². The van der Waals surface area contributed by atoms with Crippen LogP contribution in [-0.2, 0) is 4.79 Å². The second kappa shape index (κ2) is 6.91. The Morgan fingerprint density at radius 1 is 1.30 bits per heavy atom. The first-order valence-electron chi connectivity index (χ1n) is 6.92. The molecule has 106 valence electrons. The van der Waals surface area contributed by atoms with Crippen molar-refractivity contribution in [1.82, 2.24) is 4.57 Å². The summed E-state index contributed by atoms with van der Waals surface area (Å²) in [6.45, 7) is 2.68. The zero-order valence-corrected chi connectivity index (χ0v) is 11.8. The van der Waals surface area contributed by atoms with Crippen LogP contribution in [0.4, 0.5) is 5.69 Å². The number of hydrogen-bond donors (Lipinski definition) is 2. The molecular formula is C16H21N3O. The molecule has 0 radical (unpaired) electrons. The maximum Gasteiger partial charge on any atom is 0.224 e. The average molecular weight is 271 g/mol. The Kier molecular flexibility index (Phi) is 4.96. The molecule has 2 aromatic rings. The number of benzene rings is 1. The number of hydrogen-bond acceptors (Lipinski definition) is 2. The van der Waals surface area contributed by atoms with Gasteiger partial charge in [0.15, 0.2) is 0 Å². The topological polar surface area (TPSA) is 60.1 Å². The van der Waals surface area contributed by atoms with Gasteiger partial charge in [0, 0.05) is 30.2 Å². The van der Waals surface area contributed by atoms with E-state index in [4.69, 9.17) is 5.73 Å². The summed E-state index contributed by atoms with van der Waals surface area (Å²) in [7, 11) is 0. The van der Waals surface area contributed by atoms with Gasteiger partial charge in [0.1, 0.15) is 0 Å². The molecule has 0 fully saturated rings. The number of carbonyl (C=O) groups excluding carboxylic acids is 1. The maximum absolute atomic E-state index is 11.9. The van der Waals surface area contributed by atoms with E-state index in [1.807, 2.05) is 53.4 Å². The Hall–Kier alpha value is -2.07. The number of aromatic nitrogens is 1. The Balaban J connectivity index is 1.96. The van der Waals surface area contributed by atoms with Gasteiger partial charge in [-0.25, -0.2) is 0 Å². The number of carbonyl (C=O) groups is 1. The fraction of sp³-hybridized carbons (Fsp3) is 0.312. The lowest BCUT2D eigenvalue weighted by molar-refractivity contribution is -0.116. The number of amides is 1. The predicted octanol–water partition coefficient (Wildman–Crippen LogP) is 2.79. The molecule has 20 heavy (non-hydrogen) atoms. The number of rotatable bonds is 6. The zero-order chi connectivity index (χ0) is 14.4. The summed E-state index contributed by atoms with van der Waals surface area (Å²) < 4.78 is 2.01. The summed E-state index contributed by atoms with van der Waals surface area (Å²) in [6.07, 6.45) is 5.28. The molecule has 0 spiro atoms. The number of nitrogens with zero attached hydrogens (tertiary/aromatic N) is 1. The van der Waals surface area contributed by atoms with E-state index in [1.165, 1.54) is 0 Å². The number of nitrogens with one attached hydrogen (secondary N) is 1. The van der Waals surface area contributed by atoms with E-state index in [1.54, 1.807) is 0 Å². The van der Waals surface area contributed by atoms with Crippen molar-refractivity contribution in [3.63, 3.8) is 0 Å². The summed E-state index contributed by atoms with van der Waals surface area (Å²) in [5.41, 5.74) is 7.40. The lowest BCUT2D eigenvalue weighted by Crippen LogP contribution is -2.16. The zero-order valence-electron chi connectivity index (χ0n) is 11.8. The smallest absolute Gasteiger partial charge is 0.224 e. The van der Waals surface area contributed by atoms with E-state index in [0.717, 1.165) is 17.8 Å². The van der Waals surface area contributed by atoms with Crippen LogP contribution in [0.5, 0.6) is 0 Å². The van der Waals surface area contributed by atoms with Crippen LogP contribution in [0, 0.1) is 5.92 Å². The molecular weight excluding hydrogens is 250 g/mol. The highest BCUT2D eigenvalue weighted by Crippen LogP contribution is 2.15. The van der Waals surface area contributed by atoms with Crippen LogP contribution in [0.3, 0.4) is 0 Å². The third-order valence-electron chi connectivity index (χ3n) is 3.30. The van der Waals surface area contributed by atoms with Gasteiger partial charge >= 0.3 is 0 Å². The van der Waals surface area contributed by atoms with Gasteiger partial charge in [0.25, 0.3) is 0 Å². The molecule has 0 aliphatic rings. The van der Waals surface area contributed by atoms with Crippen molar-refractivity contribution in [3.05, 3.63) is 48.8 Å². The van der Waals surface area contributed by atoms with E-state index in [9.17, 15) is 4.79 Å². The van der Waals surface area contributed by atoms with Gasteiger partial charge in [0.2, 0.25) is 5.91 Å². The second-order valence-electron chi connectivity index (χ2n) is 5.07. The van der Waals surface area contributed by atoms with Crippen molar-refractivity contribution in [2.45, 2.75) is 19.8 Å². The Labute approximate surface area is 119 Å². The molecule has 1 aromatic heterocycles. The number of nitrogens with two attached hydrogens (primary N) is 1. The standard InChI is InChI=1S/C16H21N3O/c1-13(12-17)7-8-16(20)18-14-5-4-6-15(11-14)19-9-2-3-10-19/h2-6,9-11,13H,7-8,12,17H2,1H3,(H,18,20). The fourth-order valence-corrected chi connectivity index (χ4v) is 1.97. The molecule has 4 nitrogen and oxygen atoms in total. The van der Waals surface area contributed by atoms with Gasteiger partial charge in [-0.3, -0.25) is 4.79 Å². The van der Waals surface area contributed by atoms with Crippen LogP contribution < -0.4 is 11.1 Å². The molecule has 0 aliphatic carbocycles. The lowest BCUT2D eigenvalue weighted by atomic mass is 10.1. The van der Waals surface area contributed by atoms with E-state index in [0.29, 0.717) is 18.9 Å².